The van der Waals surface area contributed by atoms with E-state index in [4.69, 9.17) is 5.11 Å². The molecule has 2 aromatic rings. The van der Waals surface area contributed by atoms with Crippen LogP contribution in [-0.4, -0.2) is 34.2 Å². The van der Waals surface area contributed by atoms with Crippen LogP contribution in [0.15, 0.2) is 42.5 Å². The fourth-order valence-corrected chi connectivity index (χ4v) is 1.94. The SMILES string of the molecule is CN(C(=O)c1ccc(O)cc1O)c1ccccc1C(=O)O. The van der Waals surface area contributed by atoms with Gasteiger partial charge < -0.3 is 20.2 Å². The van der Waals surface area contributed by atoms with Gasteiger partial charge in [-0.3, -0.25) is 4.79 Å². The van der Waals surface area contributed by atoms with Crippen molar-refractivity contribution in [3.63, 3.8) is 0 Å². The molecule has 0 unspecified atom stereocenters. The zero-order chi connectivity index (χ0) is 15.6. The Hall–Kier alpha value is -3.02. The standard InChI is InChI=1S/C15H13NO5/c1-16(12-5-3-2-4-10(12)15(20)21)14(19)11-7-6-9(17)8-13(11)18/h2-8,17-18H,1H3,(H,20,21). The number of aromatic hydroxyl groups is 2. The van der Waals surface area contributed by atoms with Crippen LogP contribution in [0.2, 0.25) is 0 Å². The number of para-hydroxylation sites is 1. The fraction of sp³-hybridized carbons (Fsp3) is 0.0667. The lowest BCUT2D eigenvalue weighted by Gasteiger charge is -2.19. The molecular formula is C15H13NO5. The number of hydrogen-bond acceptors (Lipinski definition) is 4. The maximum Gasteiger partial charge on any atom is 0.337 e. The number of hydrogen-bond donors (Lipinski definition) is 3. The smallest absolute Gasteiger partial charge is 0.337 e. The molecule has 0 saturated carbocycles. The van der Waals surface area contributed by atoms with Gasteiger partial charge in [-0.15, -0.1) is 0 Å². The van der Waals surface area contributed by atoms with Gasteiger partial charge in [-0.2, -0.15) is 0 Å². The second-order valence-corrected chi connectivity index (χ2v) is 4.39. The molecule has 0 aliphatic rings. The topological polar surface area (TPSA) is 98.1 Å². The second-order valence-electron chi connectivity index (χ2n) is 4.39. The molecule has 0 spiro atoms. The molecular weight excluding hydrogens is 274 g/mol. The maximum absolute atomic E-state index is 12.3. The summed E-state index contributed by atoms with van der Waals surface area (Å²) in [6.45, 7) is 0. The summed E-state index contributed by atoms with van der Waals surface area (Å²) in [7, 11) is 1.41. The molecule has 3 N–H and O–H groups in total. The normalized spacial score (nSPS) is 10.1. The highest BCUT2D eigenvalue weighted by atomic mass is 16.4. The van der Waals surface area contributed by atoms with Crippen LogP contribution in [0.25, 0.3) is 0 Å². The number of amides is 1. The van der Waals surface area contributed by atoms with Gasteiger partial charge in [0.15, 0.2) is 0 Å². The third-order valence-electron chi connectivity index (χ3n) is 3.01. The van der Waals surface area contributed by atoms with Gasteiger partial charge >= 0.3 is 5.97 Å². The van der Waals surface area contributed by atoms with E-state index in [1.165, 1.54) is 31.3 Å². The maximum atomic E-state index is 12.3. The highest BCUT2D eigenvalue weighted by Gasteiger charge is 2.21. The van der Waals surface area contributed by atoms with E-state index in [9.17, 15) is 19.8 Å². The second kappa shape index (κ2) is 5.54. The highest BCUT2D eigenvalue weighted by molar-refractivity contribution is 6.10. The molecule has 0 bridgehead atoms. The van der Waals surface area contributed by atoms with E-state index in [1.54, 1.807) is 12.1 Å². The molecule has 0 aliphatic heterocycles. The number of nitrogens with zero attached hydrogens (tertiary/aromatic N) is 1. The quantitative estimate of drug-likeness (QED) is 0.802. The largest absolute Gasteiger partial charge is 0.508 e. The zero-order valence-corrected chi connectivity index (χ0v) is 11.1. The van der Waals surface area contributed by atoms with Crippen molar-refractivity contribution in [2.45, 2.75) is 0 Å². The van der Waals surface area contributed by atoms with E-state index in [0.717, 1.165) is 11.0 Å². The van der Waals surface area contributed by atoms with Gasteiger partial charge in [0, 0.05) is 13.1 Å². The van der Waals surface area contributed by atoms with Gasteiger partial charge in [0.25, 0.3) is 5.91 Å². The Morgan fingerprint density at radius 3 is 2.29 bits per heavy atom. The number of carbonyl (C=O) groups is 2. The number of aromatic carboxylic acids is 1. The predicted molar refractivity (Wildman–Crippen MR) is 75.9 cm³/mol. The van der Waals surface area contributed by atoms with E-state index >= 15 is 0 Å². The first-order valence-corrected chi connectivity index (χ1v) is 6.04. The summed E-state index contributed by atoms with van der Waals surface area (Å²) in [5.41, 5.74) is 0.157. The van der Waals surface area contributed by atoms with Crippen molar-refractivity contribution in [1.29, 1.82) is 0 Å². The van der Waals surface area contributed by atoms with Gasteiger partial charge in [-0.25, -0.2) is 4.79 Å². The Morgan fingerprint density at radius 1 is 1.00 bits per heavy atom. The molecule has 0 fully saturated rings. The molecule has 0 aromatic heterocycles. The van der Waals surface area contributed by atoms with Crippen molar-refractivity contribution in [1.82, 2.24) is 0 Å². The Bertz CT molecular complexity index is 711. The Morgan fingerprint density at radius 2 is 1.67 bits per heavy atom. The van der Waals surface area contributed by atoms with Crippen LogP contribution in [0.4, 0.5) is 5.69 Å². The Balaban J connectivity index is 2.42. The molecule has 1 amide bonds. The van der Waals surface area contributed by atoms with Gasteiger partial charge in [-0.05, 0) is 24.3 Å². The van der Waals surface area contributed by atoms with E-state index in [0.29, 0.717) is 0 Å². The third kappa shape index (κ3) is 2.79. The molecule has 0 saturated heterocycles. The van der Waals surface area contributed by atoms with Crippen molar-refractivity contribution >= 4 is 17.6 Å². The number of phenols is 2. The van der Waals surface area contributed by atoms with Gasteiger partial charge in [0.2, 0.25) is 0 Å². The fourth-order valence-electron chi connectivity index (χ4n) is 1.94. The Labute approximate surface area is 120 Å². The number of carboxylic acids is 1. The first-order chi connectivity index (χ1) is 9.91. The van der Waals surface area contributed by atoms with Crippen LogP contribution in [0.3, 0.4) is 0 Å². The minimum atomic E-state index is -1.15. The molecule has 0 aliphatic carbocycles. The first kappa shape index (κ1) is 14.4. The average Bonchev–Trinajstić information content (AvgIpc) is 2.45. The number of benzene rings is 2. The predicted octanol–water partition coefficient (Wildman–Crippen LogP) is 2.07. The molecule has 108 valence electrons. The van der Waals surface area contributed by atoms with E-state index < -0.39 is 11.9 Å². The van der Waals surface area contributed by atoms with E-state index in [-0.39, 0.29) is 28.3 Å². The summed E-state index contributed by atoms with van der Waals surface area (Å²) in [4.78, 5) is 24.7. The molecule has 6 heteroatoms. The van der Waals surface area contributed by atoms with Crippen molar-refractivity contribution in [2.24, 2.45) is 0 Å². The number of rotatable bonds is 3. The van der Waals surface area contributed by atoms with Gasteiger partial charge in [-0.1, -0.05) is 12.1 Å². The summed E-state index contributed by atoms with van der Waals surface area (Å²) in [5, 5.41) is 28.1. The van der Waals surface area contributed by atoms with Crippen LogP contribution in [0.1, 0.15) is 20.7 Å². The molecule has 2 aromatic carbocycles. The third-order valence-corrected chi connectivity index (χ3v) is 3.01. The number of carbonyl (C=O) groups excluding carboxylic acids is 1. The summed E-state index contributed by atoms with van der Waals surface area (Å²) in [5.74, 6) is -2.28. The minimum absolute atomic E-state index is 0.0216. The number of anilines is 1. The lowest BCUT2D eigenvalue weighted by Crippen LogP contribution is -2.27. The summed E-state index contributed by atoms with van der Waals surface area (Å²) in [6, 6.07) is 9.64. The van der Waals surface area contributed by atoms with Crippen molar-refractivity contribution in [3.8, 4) is 11.5 Å². The minimum Gasteiger partial charge on any atom is -0.508 e. The van der Waals surface area contributed by atoms with Crippen molar-refractivity contribution in [3.05, 3.63) is 53.6 Å². The summed E-state index contributed by atoms with van der Waals surface area (Å²) in [6.07, 6.45) is 0. The van der Waals surface area contributed by atoms with Crippen LogP contribution >= 0.6 is 0 Å². The van der Waals surface area contributed by atoms with Crippen molar-refractivity contribution in [2.75, 3.05) is 11.9 Å². The lowest BCUT2D eigenvalue weighted by atomic mass is 10.1. The molecule has 0 heterocycles. The number of carboxylic acid groups (broad SMARTS) is 1. The monoisotopic (exact) mass is 287 g/mol. The van der Waals surface area contributed by atoms with Gasteiger partial charge in [0.05, 0.1) is 16.8 Å². The van der Waals surface area contributed by atoms with E-state index in [1.807, 2.05) is 0 Å². The molecule has 0 atom stereocenters. The molecule has 21 heavy (non-hydrogen) atoms. The molecule has 2 rings (SSSR count). The summed E-state index contributed by atoms with van der Waals surface area (Å²) >= 11 is 0. The van der Waals surface area contributed by atoms with Crippen LogP contribution in [0, 0.1) is 0 Å². The molecule has 6 nitrogen and oxygen atoms in total. The summed E-state index contributed by atoms with van der Waals surface area (Å²) < 4.78 is 0. The first-order valence-electron chi connectivity index (χ1n) is 6.04. The van der Waals surface area contributed by atoms with Crippen LogP contribution in [-0.2, 0) is 0 Å². The van der Waals surface area contributed by atoms with Gasteiger partial charge in [0.1, 0.15) is 11.5 Å². The van der Waals surface area contributed by atoms with E-state index in [2.05, 4.69) is 0 Å². The van der Waals surface area contributed by atoms with Crippen LogP contribution < -0.4 is 4.90 Å². The Kier molecular flexibility index (Phi) is 3.80. The van der Waals surface area contributed by atoms with Crippen molar-refractivity contribution < 1.29 is 24.9 Å². The highest BCUT2D eigenvalue weighted by Crippen LogP contribution is 2.26. The lowest BCUT2D eigenvalue weighted by molar-refractivity contribution is 0.0697. The average molecular weight is 287 g/mol. The zero-order valence-electron chi connectivity index (χ0n) is 11.1. The number of phenolic OH excluding ortho intramolecular Hbond substituents is 2. The van der Waals surface area contributed by atoms with Crippen LogP contribution in [0.5, 0.6) is 11.5 Å². The molecule has 0 radical (unpaired) electrons.